The van der Waals surface area contributed by atoms with Gasteiger partial charge in [0.05, 0.1) is 13.2 Å². The van der Waals surface area contributed by atoms with E-state index in [2.05, 4.69) is 52.1 Å². The summed E-state index contributed by atoms with van der Waals surface area (Å²) in [5, 5.41) is 3.24. The molecule has 0 aliphatic carbocycles. The lowest BCUT2D eigenvalue weighted by molar-refractivity contribution is 0.122. The number of ether oxygens (including phenoxy) is 1. The van der Waals surface area contributed by atoms with E-state index < -0.39 is 0 Å². The number of rotatable bonds is 7. The number of nitrogens with one attached hydrogen (secondary N) is 1. The van der Waals surface area contributed by atoms with Crippen molar-refractivity contribution in [3.63, 3.8) is 0 Å². The van der Waals surface area contributed by atoms with Gasteiger partial charge in [-0.25, -0.2) is 4.39 Å². The van der Waals surface area contributed by atoms with E-state index in [9.17, 15) is 4.39 Å². The van der Waals surface area contributed by atoms with Crippen LogP contribution in [0.4, 0.5) is 10.1 Å². The monoisotopic (exact) mass is 403 g/mol. The van der Waals surface area contributed by atoms with Crippen LogP contribution in [0.3, 0.4) is 0 Å². The van der Waals surface area contributed by atoms with Gasteiger partial charge >= 0.3 is 0 Å². The molecule has 2 aromatic carbocycles. The van der Waals surface area contributed by atoms with E-state index in [0.29, 0.717) is 13.0 Å². The second-order valence-corrected chi connectivity index (χ2v) is 7.45. The van der Waals surface area contributed by atoms with Gasteiger partial charge in [0, 0.05) is 54.9 Å². The van der Waals surface area contributed by atoms with Gasteiger partial charge in [0.15, 0.2) is 0 Å². The molecule has 0 radical (unpaired) electrons. The third-order valence-electron chi connectivity index (χ3n) is 5.23. The van der Waals surface area contributed by atoms with Gasteiger partial charge < -0.3 is 15.0 Å². The second-order valence-electron chi connectivity index (χ2n) is 7.45. The van der Waals surface area contributed by atoms with E-state index in [1.165, 1.54) is 17.8 Å². The molecule has 154 valence electrons. The second kappa shape index (κ2) is 9.55. The molecule has 0 bridgehead atoms. The number of morpholine rings is 1. The zero-order chi connectivity index (χ0) is 20.8. The molecule has 1 saturated heterocycles. The number of aromatic nitrogens is 1. The average molecular weight is 404 g/mol. The lowest BCUT2D eigenvalue weighted by Crippen LogP contribution is -2.36. The summed E-state index contributed by atoms with van der Waals surface area (Å²) >= 11 is 0. The van der Waals surface area contributed by atoms with E-state index in [0.717, 1.165) is 54.4 Å². The van der Waals surface area contributed by atoms with Crippen LogP contribution in [-0.4, -0.2) is 31.3 Å². The van der Waals surface area contributed by atoms with E-state index in [1.807, 2.05) is 18.3 Å². The van der Waals surface area contributed by atoms with Crippen molar-refractivity contribution in [1.82, 2.24) is 10.3 Å². The van der Waals surface area contributed by atoms with Gasteiger partial charge in [0.25, 0.3) is 0 Å². The Morgan fingerprint density at radius 2 is 1.80 bits per heavy atom. The first-order valence-electron chi connectivity index (χ1n) is 10.2. The number of halogens is 1. The van der Waals surface area contributed by atoms with Crippen molar-refractivity contribution in [2.75, 3.05) is 31.2 Å². The number of hydrogen-bond donors (Lipinski definition) is 1. The molecule has 0 unspecified atom stereocenters. The van der Waals surface area contributed by atoms with Crippen molar-refractivity contribution in [2.45, 2.75) is 13.0 Å². The lowest BCUT2D eigenvalue weighted by atomic mass is 10.1. The topological polar surface area (TPSA) is 37.4 Å². The third kappa shape index (κ3) is 5.24. The Hall–Kier alpha value is -3.18. The molecule has 0 saturated carbocycles. The number of hydrogen-bond acceptors (Lipinski definition) is 4. The van der Waals surface area contributed by atoms with Gasteiger partial charge in [-0.1, -0.05) is 36.9 Å². The van der Waals surface area contributed by atoms with Gasteiger partial charge in [-0.15, -0.1) is 0 Å². The largest absolute Gasteiger partial charge is 0.384 e. The fraction of sp³-hybridized carbons (Fsp3) is 0.240. The predicted molar refractivity (Wildman–Crippen MR) is 119 cm³/mol. The first kappa shape index (κ1) is 20.1. The number of nitrogens with zero attached hydrogens (tertiary/aromatic N) is 2. The number of allylic oxidation sites excluding steroid dienone is 1. The summed E-state index contributed by atoms with van der Waals surface area (Å²) in [4.78, 5) is 6.93. The molecule has 0 amide bonds. The Kier molecular flexibility index (Phi) is 6.40. The highest BCUT2D eigenvalue weighted by molar-refractivity contribution is 5.65. The van der Waals surface area contributed by atoms with E-state index in [-0.39, 0.29) is 5.82 Å². The number of benzene rings is 2. The standard InChI is InChI=1S/C25H26FN3O/c1-19(27-17-20-3-2-4-23(26)16-20)15-24-8-5-22(18-28-24)21-6-9-25(10-7-21)29-11-13-30-14-12-29/h2-10,16,18,27H,1,11-15,17H2. The molecule has 4 nitrogen and oxygen atoms in total. The van der Waals surface area contributed by atoms with E-state index in [4.69, 9.17) is 4.74 Å². The van der Waals surface area contributed by atoms with Crippen molar-refractivity contribution in [3.8, 4) is 11.1 Å². The fourth-order valence-corrected chi connectivity index (χ4v) is 3.54. The molecule has 0 atom stereocenters. The van der Waals surface area contributed by atoms with Gasteiger partial charge in [-0.3, -0.25) is 4.98 Å². The summed E-state index contributed by atoms with van der Waals surface area (Å²) < 4.78 is 18.7. The molecule has 2 heterocycles. The molecule has 1 fully saturated rings. The van der Waals surface area contributed by atoms with Crippen molar-refractivity contribution in [3.05, 3.63) is 96.2 Å². The molecule has 5 heteroatoms. The van der Waals surface area contributed by atoms with Gasteiger partial charge in [0.1, 0.15) is 5.82 Å². The zero-order valence-electron chi connectivity index (χ0n) is 17.0. The highest BCUT2D eigenvalue weighted by Crippen LogP contribution is 2.23. The molecule has 1 aliphatic heterocycles. The van der Waals surface area contributed by atoms with Crippen molar-refractivity contribution >= 4 is 5.69 Å². The minimum Gasteiger partial charge on any atom is -0.384 e. The lowest BCUT2D eigenvalue weighted by Gasteiger charge is -2.28. The average Bonchev–Trinajstić information content (AvgIpc) is 2.79. The molecule has 4 rings (SSSR count). The van der Waals surface area contributed by atoms with Crippen LogP contribution in [0, 0.1) is 5.82 Å². The Labute approximate surface area is 177 Å². The Balaban J connectivity index is 1.32. The van der Waals surface area contributed by atoms with Gasteiger partial charge in [-0.2, -0.15) is 0 Å². The van der Waals surface area contributed by atoms with Crippen LogP contribution in [0.15, 0.2) is 79.1 Å². The van der Waals surface area contributed by atoms with Crippen LogP contribution in [0.2, 0.25) is 0 Å². The summed E-state index contributed by atoms with van der Waals surface area (Å²) in [5.74, 6) is -0.227. The van der Waals surface area contributed by atoms with E-state index >= 15 is 0 Å². The highest BCUT2D eigenvalue weighted by Gasteiger charge is 2.11. The Bertz CT molecular complexity index is 980. The quantitative estimate of drug-likeness (QED) is 0.627. The van der Waals surface area contributed by atoms with Crippen molar-refractivity contribution in [2.24, 2.45) is 0 Å². The summed E-state index contributed by atoms with van der Waals surface area (Å²) in [6.07, 6.45) is 2.53. The number of pyridine rings is 1. The maximum Gasteiger partial charge on any atom is 0.123 e. The van der Waals surface area contributed by atoms with Crippen LogP contribution < -0.4 is 10.2 Å². The molecule has 1 aromatic heterocycles. The molecular formula is C25H26FN3O. The maximum atomic E-state index is 13.3. The summed E-state index contributed by atoms with van der Waals surface area (Å²) in [7, 11) is 0. The van der Waals surface area contributed by atoms with Gasteiger partial charge in [0.2, 0.25) is 0 Å². The Morgan fingerprint density at radius 3 is 2.50 bits per heavy atom. The summed E-state index contributed by atoms with van der Waals surface area (Å²) in [6, 6.07) is 19.3. The Morgan fingerprint density at radius 1 is 1.03 bits per heavy atom. The summed E-state index contributed by atoms with van der Waals surface area (Å²) in [6.45, 7) is 8.06. The SMILES string of the molecule is C=C(Cc1ccc(-c2ccc(N3CCOCC3)cc2)cn1)NCc1cccc(F)c1. The highest BCUT2D eigenvalue weighted by atomic mass is 19.1. The minimum absolute atomic E-state index is 0.227. The molecule has 1 N–H and O–H groups in total. The molecule has 1 aliphatic rings. The third-order valence-corrected chi connectivity index (χ3v) is 5.23. The van der Waals surface area contributed by atoms with Crippen LogP contribution in [-0.2, 0) is 17.7 Å². The van der Waals surface area contributed by atoms with Crippen molar-refractivity contribution in [1.29, 1.82) is 0 Å². The van der Waals surface area contributed by atoms with Crippen molar-refractivity contribution < 1.29 is 9.13 Å². The first-order chi connectivity index (χ1) is 14.7. The molecular weight excluding hydrogens is 377 g/mol. The van der Waals surface area contributed by atoms with Crippen LogP contribution in [0.1, 0.15) is 11.3 Å². The van der Waals surface area contributed by atoms with Crippen LogP contribution in [0.25, 0.3) is 11.1 Å². The van der Waals surface area contributed by atoms with E-state index in [1.54, 1.807) is 6.07 Å². The zero-order valence-corrected chi connectivity index (χ0v) is 17.0. The van der Waals surface area contributed by atoms with Crippen LogP contribution in [0.5, 0.6) is 0 Å². The van der Waals surface area contributed by atoms with Gasteiger partial charge in [-0.05, 0) is 41.5 Å². The maximum absolute atomic E-state index is 13.3. The normalized spacial score (nSPS) is 13.8. The molecule has 0 spiro atoms. The molecule has 3 aromatic rings. The summed E-state index contributed by atoms with van der Waals surface area (Å²) in [5.41, 5.74) is 6.15. The predicted octanol–water partition coefficient (Wildman–Crippen LogP) is 4.57. The smallest absolute Gasteiger partial charge is 0.123 e. The van der Waals surface area contributed by atoms with Crippen LogP contribution >= 0.6 is 0 Å². The minimum atomic E-state index is -0.227. The molecule has 30 heavy (non-hydrogen) atoms. The first-order valence-corrected chi connectivity index (χ1v) is 10.2. The fourth-order valence-electron chi connectivity index (χ4n) is 3.54. The number of anilines is 1.